The Morgan fingerprint density at radius 3 is 2.14 bits per heavy atom. The number of rotatable bonds is 2. The number of aromatic nitrogens is 2. The van der Waals surface area contributed by atoms with Gasteiger partial charge in [0.05, 0.1) is 0 Å². The van der Waals surface area contributed by atoms with Gasteiger partial charge in [0.1, 0.15) is 0 Å². The molecule has 0 amide bonds. The molecule has 5 fully saturated rings. The highest BCUT2D eigenvalue weighted by molar-refractivity contribution is 5.15. The van der Waals surface area contributed by atoms with Crippen molar-refractivity contribution in [3.8, 4) is 0 Å². The van der Waals surface area contributed by atoms with Gasteiger partial charge in [-0.15, -0.1) is 10.2 Å². The second kappa shape index (κ2) is 4.55. The van der Waals surface area contributed by atoms with Crippen LogP contribution >= 0.6 is 0 Å². The zero-order valence-electron chi connectivity index (χ0n) is 12.7. The summed E-state index contributed by atoms with van der Waals surface area (Å²) in [6.45, 7) is 2.17. The lowest BCUT2D eigenvalue weighted by molar-refractivity contribution is -0.0184. The molecule has 2 heterocycles. The van der Waals surface area contributed by atoms with Gasteiger partial charge in [-0.3, -0.25) is 0 Å². The van der Waals surface area contributed by atoms with E-state index in [1.165, 1.54) is 38.5 Å². The minimum Gasteiger partial charge on any atom is -0.424 e. The van der Waals surface area contributed by atoms with Crippen LogP contribution in [0, 0.1) is 17.8 Å². The predicted molar refractivity (Wildman–Crippen MR) is 79.0 cm³/mol. The van der Waals surface area contributed by atoms with Crippen LogP contribution in [0.5, 0.6) is 0 Å². The van der Waals surface area contributed by atoms with Gasteiger partial charge >= 0.3 is 0 Å². The number of hydrogen-bond donors (Lipinski definition) is 1. The largest absolute Gasteiger partial charge is 0.424 e. The molecule has 1 N–H and O–H groups in total. The molecule has 4 nitrogen and oxygen atoms in total. The Bertz CT molecular complexity index is 497. The molecule has 4 bridgehead atoms. The lowest BCUT2D eigenvalue weighted by atomic mass is 9.49. The Morgan fingerprint density at radius 1 is 0.905 bits per heavy atom. The van der Waals surface area contributed by atoms with Gasteiger partial charge in [-0.25, -0.2) is 0 Å². The van der Waals surface area contributed by atoms with Crippen LogP contribution in [0.25, 0.3) is 0 Å². The summed E-state index contributed by atoms with van der Waals surface area (Å²) < 4.78 is 6.26. The van der Waals surface area contributed by atoms with Gasteiger partial charge in [-0.05, 0) is 82.2 Å². The van der Waals surface area contributed by atoms with E-state index in [0.29, 0.717) is 5.92 Å². The van der Waals surface area contributed by atoms with Crippen molar-refractivity contribution in [1.29, 1.82) is 0 Å². The van der Waals surface area contributed by atoms with Crippen LogP contribution in [-0.2, 0) is 5.41 Å². The van der Waals surface area contributed by atoms with Gasteiger partial charge in [0, 0.05) is 11.3 Å². The molecule has 114 valence electrons. The fraction of sp³-hybridized carbons (Fsp3) is 0.882. The Balaban J connectivity index is 1.44. The Morgan fingerprint density at radius 2 is 1.52 bits per heavy atom. The lowest BCUT2D eigenvalue weighted by Crippen LogP contribution is -2.48. The molecule has 4 saturated carbocycles. The zero-order chi connectivity index (χ0) is 13.9. The van der Waals surface area contributed by atoms with Gasteiger partial charge in [0.2, 0.25) is 11.8 Å². The third-order valence-corrected chi connectivity index (χ3v) is 6.62. The maximum Gasteiger partial charge on any atom is 0.222 e. The third kappa shape index (κ3) is 1.98. The van der Waals surface area contributed by atoms with E-state index < -0.39 is 0 Å². The van der Waals surface area contributed by atoms with Gasteiger partial charge in [0.15, 0.2) is 0 Å². The van der Waals surface area contributed by atoms with Crippen molar-refractivity contribution in [3.05, 3.63) is 11.8 Å². The van der Waals surface area contributed by atoms with E-state index in [4.69, 9.17) is 4.42 Å². The zero-order valence-corrected chi connectivity index (χ0v) is 12.7. The minimum absolute atomic E-state index is 0.257. The maximum absolute atomic E-state index is 6.26. The summed E-state index contributed by atoms with van der Waals surface area (Å²) >= 11 is 0. The molecule has 1 aromatic heterocycles. The van der Waals surface area contributed by atoms with Crippen LogP contribution in [0.4, 0.5) is 0 Å². The van der Waals surface area contributed by atoms with Gasteiger partial charge in [-0.2, -0.15) is 0 Å². The van der Waals surface area contributed by atoms with Crippen LogP contribution in [-0.4, -0.2) is 23.3 Å². The molecule has 1 aliphatic heterocycles. The first kappa shape index (κ1) is 12.6. The van der Waals surface area contributed by atoms with E-state index in [1.54, 1.807) is 0 Å². The average molecular weight is 287 g/mol. The standard InChI is InChI=1S/C17H25N3O/c1-3-18-4-2-14(1)15-19-20-16(21-15)17-8-11-5-12(9-17)7-13(6-11)10-17/h11-14,18H,1-10H2. The molecular formula is C17H25N3O. The number of piperidine rings is 1. The highest BCUT2D eigenvalue weighted by atomic mass is 16.4. The van der Waals surface area contributed by atoms with E-state index in [-0.39, 0.29) is 5.41 Å². The van der Waals surface area contributed by atoms with Crippen molar-refractivity contribution in [2.45, 2.75) is 62.7 Å². The minimum atomic E-state index is 0.257. The molecule has 4 aliphatic carbocycles. The normalized spacial score (nSPS) is 42.6. The van der Waals surface area contributed by atoms with Crippen LogP contribution < -0.4 is 5.32 Å². The second-order valence-electron chi connectivity index (χ2n) is 8.17. The van der Waals surface area contributed by atoms with Gasteiger partial charge in [0.25, 0.3) is 0 Å². The molecule has 0 unspecified atom stereocenters. The molecule has 0 spiro atoms. The molecule has 0 radical (unpaired) electrons. The van der Waals surface area contributed by atoms with E-state index >= 15 is 0 Å². The third-order valence-electron chi connectivity index (χ3n) is 6.62. The van der Waals surface area contributed by atoms with Gasteiger partial charge in [-0.1, -0.05) is 0 Å². The first-order valence-corrected chi connectivity index (χ1v) is 8.85. The van der Waals surface area contributed by atoms with Crippen molar-refractivity contribution in [2.24, 2.45) is 17.8 Å². The smallest absolute Gasteiger partial charge is 0.222 e. The van der Waals surface area contributed by atoms with Crippen LogP contribution in [0.3, 0.4) is 0 Å². The molecule has 4 heteroatoms. The Kier molecular flexibility index (Phi) is 2.73. The lowest BCUT2D eigenvalue weighted by Gasteiger charge is -2.55. The quantitative estimate of drug-likeness (QED) is 0.908. The van der Waals surface area contributed by atoms with Gasteiger partial charge < -0.3 is 9.73 Å². The average Bonchev–Trinajstić information content (AvgIpc) is 2.97. The van der Waals surface area contributed by atoms with Crippen LogP contribution in [0.15, 0.2) is 4.42 Å². The summed E-state index contributed by atoms with van der Waals surface area (Å²) in [5.41, 5.74) is 0.257. The summed E-state index contributed by atoms with van der Waals surface area (Å²) in [4.78, 5) is 0. The number of nitrogens with zero attached hydrogens (tertiary/aromatic N) is 2. The first-order valence-electron chi connectivity index (χ1n) is 8.85. The number of nitrogens with one attached hydrogen (secondary N) is 1. The fourth-order valence-electron chi connectivity index (χ4n) is 6.06. The van der Waals surface area contributed by atoms with Crippen LogP contribution in [0.2, 0.25) is 0 Å². The summed E-state index contributed by atoms with van der Waals surface area (Å²) in [5, 5.41) is 12.4. The van der Waals surface area contributed by atoms with Crippen molar-refractivity contribution in [2.75, 3.05) is 13.1 Å². The summed E-state index contributed by atoms with van der Waals surface area (Å²) in [5.74, 6) is 5.21. The second-order valence-corrected chi connectivity index (χ2v) is 8.17. The van der Waals surface area contributed by atoms with Crippen molar-refractivity contribution in [1.82, 2.24) is 15.5 Å². The molecule has 6 rings (SSSR count). The molecule has 0 aromatic carbocycles. The summed E-state index contributed by atoms with van der Waals surface area (Å²) in [6, 6.07) is 0. The fourth-order valence-corrected chi connectivity index (χ4v) is 6.06. The topological polar surface area (TPSA) is 51.0 Å². The predicted octanol–water partition coefficient (Wildman–Crippen LogP) is 3.00. The molecular weight excluding hydrogens is 262 g/mol. The Hall–Kier alpha value is -0.900. The van der Waals surface area contributed by atoms with Crippen molar-refractivity contribution in [3.63, 3.8) is 0 Å². The van der Waals surface area contributed by atoms with E-state index in [0.717, 1.165) is 55.5 Å². The van der Waals surface area contributed by atoms with Crippen LogP contribution in [0.1, 0.15) is 69.1 Å². The van der Waals surface area contributed by atoms with E-state index in [2.05, 4.69) is 15.5 Å². The molecule has 0 atom stereocenters. The monoisotopic (exact) mass is 287 g/mol. The molecule has 21 heavy (non-hydrogen) atoms. The highest BCUT2D eigenvalue weighted by Crippen LogP contribution is 2.60. The summed E-state index contributed by atoms with van der Waals surface area (Å²) in [6.07, 6.45) is 10.6. The molecule has 1 saturated heterocycles. The Labute approximate surface area is 126 Å². The molecule has 5 aliphatic rings. The van der Waals surface area contributed by atoms with Crippen molar-refractivity contribution >= 4 is 0 Å². The number of hydrogen-bond acceptors (Lipinski definition) is 4. The SMILES string of the molecule is C1CC(c2nnc(C34CC5CC(CC(C5)C3)C4)o2)CCN1. The summed E-state index contributed by atoms with van der Waals surface area (Å²) in [7, 11) is 0. The van der Waals surface area contributed by atoms with E-state index in [9.17, 15) is 0 Å². The highest BCUT2D eigenvalue weighted by Gasteiger charge is 2.54. The maximum atomic E-state index is 6.26. The van der Waals surface area contributed by atoms with Crippen molar-refractivity contribution < 1.29 is 4.42 Å². The molecule has 1 aromatic rings. The first-order chi connectivity index (χ1) is 10.3. The van der Waals surface area contributed by atoms with E-state index in [1.807, 2.05) is 0 Å².